The van der Waals surface area contributed by atoms with Gasteiger partial charge in [0.25, 0.3) is 11.5 Å². The zero-order chi connectivity index (χ0) is 32.8. The number of rotatable bonds is 9. The number of aliphatic hydroxyl groups is 1. The third kappa shape index (κ3) is 5.49. The van der Waals surface area contributed by atoms with Crippen molar-refractivity contribution in [3.63, 3.8) is 0 Å². The average Bonchev–Trinajstić information content (AvgIpc) is 3.55. The topological polar surface area (TPSA) is 110 Å². The second kappa shape index (κ2) is 11.4. The molecule has 45 heavy (non-hydrogen) atoms. The number of ether oxygens (including phenoxy) is 3. The van der Waals surface area contributed by atoms with E-state index in [-0.39, 0.29) is 43.4 Å². The first-order valence-corrected chi connectivity index (χ1v) is 13.8. The second-order valence-electron chi connectivity index (χ2n) is 10.5. The number of imide groups is 1. The van der Waals surface area contributed by atoms with Gasteiger partial charge in [-0.1, -0.05) is 32.4 Å². The van der Waals surface area contributed by atoms with Crippen molar-refractivity contribution >= 4 is 11.9 Å². The van der Waals surface area contributed by atoms with Crippen LogP contribution in [0.5, 0.6) is 23.1 Å². The van der Waals surface area contributed by atoms with Gasteiger partial charge in [0.05, 0.1) is 6.54 Å². The average molecular weight is 640 g/mol. The molecule has 3 amide bonds. The lowest BCUT2D eigenvalue weighted by molar-refractivity contribution is -0.376. The molecule has 0 radical (unpaired) electrons. The van der Waals surface area contributed by atoms with Gasteiger partial charge in [-0.05, 0) is 59.9 Å². The molecular formula is C30H27F6N3O6. The lowest BCUT2D eigenvalue weighted by atomic mass is 9.87. The molecule has 2 N–H and O–H groups in total. The minimum atomic E-state index is -6.04. The van der Waals surface area contributed by atoms with Crippen LogP contribution < -0.4 is 19.5 Å². The molecule has 2 aliphatic rings. The maximum absolute atomic E-state index is 13.7. The number of hydrogen-bond acceptors (Lipinski definition) is 7. The van der Waals surface area contributed by atoms with Crippen molar-refractivity contribution < 1.29 is 55.2 Å². The zero-order valence-electron chi connectivity index (χ0n) is 23.9. The molecule has 0 bridgehead atoms. The van der Waals surface area contributed by atoms with Gasteiger partial charge in [0.15, 0.2) is 11.5 Å². The molecule has 3 aromatic rings. The number of amides is 3. The highest BCUT2D eigenvalue weighted by Crippen LogP contribution is 2.51. The highest BCUT2D eigenvalue weighted by molar-refractivity contribution is 6.07. The fourth-order valence-electron chi connectivity index (χ4n) is 5.33. The van der Waals surface area contributed by atoms with E-state index in [4.69, 9.17) is 14.2 Å². The van der Waals surface area contributed by atoms with Crippen LogP contribution in [0.25, 0.3) is 0 Å². The van der Waals surface area contributed by atoms with E-state index in [1.807, 2.05) is 0 Å². The SMILES string of the molecule is CCCc1cc(C(O)(C(F)(F)F)C(F)(F)F)ccc1Oc1cc(CN2C(=O)NC(CC)(c3ccc4c(c3)OCO4)C2=O)ccn1. The Kier molecular flexibility index (Phi) is 8.10. The first-order chi connectivity index (χ1) is 21.1. The Balaban J connectivity index is 1.39. The molecule has 1 atom stereocenters. The van der Waals surface area contributed by atoms with Gasteiger partial charge in [0, 0.05) is 17.8 Å². The van der Waals surface area contributed by atoms with E-state index in [2.05, 4.69) is 10.3 Å². The van der Waals surface area contributed by atoms with Crippen molar-refractivity contribution in [1.82, 2.24) is 15.2 Å². The summed E-state index contributed by atoms with van der Waals surface area (Å²) in [7, 11) is 0. The Morgan fingerprint density at radius 2 is 1.69 bits per heavy atom. The summed E-state index contributed by atoms with van der Waals surface area (Å²) in [5.41, 5.74) is -6.98. The lowest BCUT2D eigenvalue weighted by Gasteiger charge is -2.33. The van der Waals surface area contributed by atoms with Crippen molar-refractivity contribution in [3.8, 4) is 23.1 Å². The van der Waals surface area contributed by atoms with E-state index in [9.17, 15) is 41.0 Å². The second-order valence-corrected chi connectivity index (χ2v) is 10.5. The fraction of sp³-hybridized carbons (Fsp3) is 0.367. The summed E-state index contributed by atoms with van der Waals surface area (Å²) in [6.07, 6.45) is -10.2. The highest BCUT2D eigenvalue weighted by Gasteiger charge is 2.71. The van der Waals surface area contributed by atoms with E-state index in [1.54, 1.807) is 32.0 Å². The molecule has 9 nitrogen and oxygen atoms in total. The Labute approximate surface area is 252 Å². The van der Waals surface area contributed by atoms with Crippen molar-refractivity contribution in [2.24, 2.45) is 0 Å². The van der Waals surface area contributed by atoms with E-state index < -0.39 is 41.0 Å². The molecule has 1 fully saturated rings. The van der Waals surface area contributed by atoms with Crippen molar-refractivity contribution in [1.29, 1.82) is 0 Å². The van der Waals surface area contributed by atoms with Gasteiger partial charge in [-0.25, -0.2) is 9.78 Å². The van der Waals surface area contributed by atoms with Gasteiger partial charge in [-0.2, -0.15) is 26.3 Å². The molecule has 0 saturated carbocycles. The van der Waals surface area contributed by atoms with Gasteiger partial charge >= 0.3 is 18.4 Å². The Bertz CT molecular complexity index is 1610. The van der Waals surface area contributed by atoms with Crippen molar-refractivity contribution in [3.05, 3.63) is 77.0 Å². The van der Waals surface area contributed by atoms with Crippen LogP contribution in [0.15, 0.2) is 54.7 Å². The van der Waals surface area contributed by atoms with E-state index in [0.717, 1.165) is 11.0 Å². The van der Waals surface area contributed by atoms with E-state index in [1.165, 1.54) is 18.3 Å². The fourth-order valence-corrected chi connectivity index (χ4v) is 5.33. The molecule has 15 heteroatoms. The number of carbonyl (C=O) groups excluding carboxylic acids is 2. The molecule has 3 heterocycles. The Morgan fingerprint density at radius 1 is 0.978 bits per heavy atom. The van der Waals surface area contributed by atoms with Crippen LogP contribution in [0.4, 0.5) is 31.1 Å². The van der Waals surface area contributed by atoms with Crippen molar-refractivity contribution in [2.45, 2.75) is 63.1 Å². The number of aromatic nitrogens is 1. The summed E-state index contributed by atoms with van der Waals surface area (Å²) in [5.74, 6) is 0.254. The minimum absolute atomic E-state index is 0.0239. The minimum Gasteiger partial charge on any atom is -0.454 e. The Morgan fingerprint density at radius 3 is 2.36 bits per heavy atom. The largest absolute Gasteiger partial charge is 0.454 e. The van der Waals surface area contributed by atoms with Gasteiger partial charge in [0.1, 0.15) is 11.3 Å². The quantitative estimate of drug-likeness (QED) is 0.211. The number of urea groups is 1. The first-order valence-electron chi connectivity index (χ1n) is 13.8. The van der Waals surface area contributed by atoms with Crippen LogP contribution in [0.2, 0.25) is 0 Å². The number of aryl methyl sites for hydroxylation is 1. The Hall–Kier alpha value is -4.53. The van der Waals surface area contributed by atoms with Gasteiger partial charge in [-0.3, -0.25) is 9.69 Å². The maximum Gasteiger partial charge on any atom is 0.430 e. The van der Waals surface area contributed by atoms with Gasteiger partial charge in [-0.15, -0.1) is 0 Å². The van der Waals surface area contributed by atoms with E-state index in [0.29, 0.717) is 41.2 Å². The number of halogens is 6. The zero-order valence-corrected chi connectivity index (χ0v) is 23.9. The van der Waals surface area contributed by atoms with Gasteiger partial charge < -0.3 is 24.6 Å². The third-order valence-electron chi connectivity index (χ3n) is 7.74. The predicted octanol–water partition coefficient (Wildman–Crippen LogP) is 6.22. The standard InChI is InChI=1S/C30H27F6N3O6/c1-3-5-18-13-20(28(42,29(31,32)33)30(34,35)36)7-8-21(18)45-24-12-17(10-11-37-24)15-39-25(40)27(4-2,38-26(39)41)19-6-9-22-23(14-19)44-16-43-22/h6-14,42H,3-5,15-16H2,1-2H3,(H,38,41). The number of fused-ring (bicyclic) bond motifs is 1. The molecule has 1 aromatic heterocycles. The summed E-state index contributed by atoms with van der Waals surface area (Å²) >= 11 is 0. The van der Waals surface area contributed by atoms with Crippen LogP contribution in [-0.2, 0) is 28.9 Å². The van der Waals surface area contributed by atoms with Crippen LogP contribution >= 0.6 is 0 Å². The number of alkyl halides is 6. The summed E-state index contributed by atoms with van der Waals surface area (Å²) in [4.78, 5) is 31.8. The van der Waals surface area contributed by atoms with E-state index >= 15 is 0 Å². The van der Waals surface area contributed by atoms with Crippen molar-refractivity contribution in [2.75, 3.05) is 6.79 Å². The van der Waals surface area contributed by atoms with Gasteiger partial charge in [0.2, 0.25) is 12.7 Å². The monoisotopic (exact) mass is 639 g/mol. The molecule has 0 spiro atoms. The lowest BCUT2D eigenvalue weighted by Crippen LogP contribution is -2.53. The first kappa shape index (κ1) is 31.9. The number of nitrogens with zero attached hydrogens (tertiary/aromatic N) is 2. The van der Waals surface area contributed by atoms with Crippen LogP contribution in [0.1, 0.15) is 48.9 Å². The number of nitrogens with one attached hydrogen (secondary N) is 1. The molecule has 1 unspecified atom stereocenters. The normalized spacial score (nSPS) is 18.4. The maximum atomic E-state index is 13.7. The smallest absolute Gasteiger partial charge is 0.430 e. The summed E-state index contributed by atoms with van der Waals surface area (Å²) in [5, 5.41) is 12.6. The number of hydrogen-bond donors (Lipinski definition) is 2. The highest BCUT2D eigenvalue weighted by atomic mass is 19.4. The van der Waals surface area contributed by atoms with Crippen LogP contribution in [-0.4, -0.2) is 46.1 Å². The predicted molar refractivity (Wildman–Crippen MR) is 144 cm³/mol. The number of pyridine rings is 1. The molecule has 5 rings (SSSR count). The molecule has 1 saturated heterocycles. The van der Waals surface area contributed by atoms with Crippen LogP contribution in [0.3, 0.4) is 0 Å². The number of carbonyl (C=O) groups is 2. The third-order valence-corrected chi connectivity index (χ3v) is 7.74. The molecular weight excluding hydrogens is 612 g/mol. The van der Waals surface area contributed by atoms with Crippen LogP contribution in [0, 0.1) is 0 Å². The molecule has 2 aliphatic heterocycles. The molecule has 0 aliphatic carbocycles. The summed E-state index contributed by atoms with van der Waals surface area (Å²) < 4.78 is 97.2. The number of benzene rings is 2. The summed E-state index contributed by atoms with van der Waals surface area (Å²) in [6.45, 7) is 3.24. The molecule has 2 aromatic carbocycles. The summed E-state index contributed by atoms with van der Waals surface area (Å²) in [6, 6.07) is 9.20. The molecule has 240 valence electrons.